The molecule has 0 unspecified atom stereocenters. The van der Waals surface area contributed by atoms with Gasteiger partial charge in [-0.2, -0.15) is 0 Å². The van der Waals surface area contributed by atoms with Crippen molar-refractivity contribution in [3.63, 3.8) is 0 Å². The van der Waals surface area contributed by atoms with E-state index in [0.717, 1.165) is 17.5 Å². The fourth-order valence-electron chi connectivity index (χ4n) is 3.84. The number of amides is 2. The summed E-state index contributed by atoms with van der Waals surface area (Å²) in [7, 11) is 0. The lowest BCUT2D eigenvalue weighted by Crippen LogP contribution is -2.55. The Morgan fingerprint density at radius 1 is 0.829 bits per heavy atom. The Bertz CT molecular complexity index is 1070. The Labute approximate surface area is 209 Å². The summed E-state index contributed by atoms with van der Waals surface area (Å²) in [4.78, 5) is 28.7. The molecule has 0 aromatic heterocycles. The Kier molecular flexibility index (Phi) is 9.07. The first kappa shape index (κ1) is 26.0. The maximum atomic E-state index is 13.6. The SMILES string of the molecule is CCc1ccc(OCC(=O)N(Cc2ccccc2)[C@H](Cc2ccccc2)C(=O)NC(C)(C)C)cc1. The highest BCUT2D eigenvalue weighted by Gasteiger charge is 2.32. The highest BCUT2D eigenvalue weighted by atomic mass is 16.5. The molecule has 3 aromatic carbocycles. The second-order valence-electron chi connectivity index (χ2n) is 9.74. The average Bonchev–Trinajstić information content (AvgIpc) is 2.85. The number of carbonyl (C=O) groups is 2. The van der Waals surface area contributed by atoms with Gasteiger partial charge < -0.3 is 15.0 Å². The summed E-state index contributed by atoms with van der Waals surface area (Å²) in [6.07, 6.45) is 1.35. The quantitative estimate of drug-likeness (QED) is 0.442. The number of hydrogen-bond acceptors (Lipinski definition) is 3. The average molecular weight is 473 g/mol. The lowest BCUT2D eigenvalue weighted by molar-refractivity contribution is -0.143. The van der Waals surface area contributed by atoms with Gasteiger partial charge in [-0.1, -0.05) is 79.7 Å². The zero-order valence-electron chi connectivity index (χ0n) is 21.2. The van der Waals surface area contributed by atoms with E-state index in [1.165, 1.54) is 5.56 Å². The van der Waals surface area contributed by atoms with Gasteiger partial charge in [-0.3, -0.25) is 9.59 Å². The fourth-order valence-corrected chi connectivity index (χ4v) is 3.84. The molecule has 0 bridgehead atoms. The van der Waals surface area contributed by atoms with Crippen LogP contribution in [0.25, 0.3) is 0 Å². The molecule has 5 nitrogen and oxygen atoms in total. The number of nitrogens with one attached hydrogen (secondary N) is 1. The summed E-state index contributed by atoms with van der Waals surface area (Å²) in [5.74, 6) is 0.213. The van der Waals surface area contributed by atoms with E-state index in [1.54, 1.807) is 4.90 Å². The van der Waals surface area contributed by atoms with Gasteiger partial charge in [-0.25, -0.2) is 0 Å². The fraction of sp³-hybridized carbons (Fsp3) is 0.333. The van der Waals surface area contributed by atoms with E-state index in [2.05, 4.69) is 12.2 Å². The third-order valence-corrected chi connectivity index (χ3v) is 5.66. The van der Waals surface area contributed by atoms with Crippen LogP contribution in [0.1, 0.15) is 44.4 Å². The van der Waals surface area contributed by atoms with E-state index in [9.17, 15) is 9.59 Å². The Hall–Kier alpha value is -3.60. The lowest BCUT2D eigenvalue weighted by atomic mass is 10.0. The molecule has 0 fully saturated rings. The van der Waals surface area contributed by atoms with Crippen LogP contribution in [0.5, 0.6) is 5.75 Å². The van der Waals surface area contributed by atoms with Crippen molar-refractivity contribution in [2.24, 2.45) is 0 Å². The van der Waals surface area contributed by atoms with Crippen LogP contribution in [0, 0.1) is 0 Å². The monoisotopic (exact) mass is 472 g/mol. The van der Waals surface area contributed by atoms with E-state index in [0.29, 0.717) is 18.7 Å². The molecule has 35 heavy (non-hydrogen) atoms. The zero-order valence-corrected chi connectivity index (χ0v) is 21.2. The second-order valence-corrected chi connectivity index (χ2v) is 9.74. The lowest BCUT2D eigenvalue weighted by Gasteiger charge is -2.33. The summed E-state index contributed by atoms with van der Waals surface area (Å²) in [5.41, 5.74) is 2.72. The molecule has 3 aromatic rings. The van der Waals surface area contributed by atoms with E-state index in [1.807, 2.05) is 106 Å². The van der Waals surface area contributed by atoms with Gasteiger partial charge in [0, 0.05) is 18.5 Å². The van der Waals surface area contributed by atoms with Crippen LogP contribution < -0.4 is 10.1 Å². The molecule has 0 aliphatic heterocycles. The number of benzene rings is 3. The number of ether oxygens (including phenoxy) is 1. The first-order valence-electron chi connectivity index (χ1n) is 12.2. The molecule has 184 valence electrons. The third-order valence-electron chi connectivity index (χ3n) is 5.66. The second kappa shape index (κ2) is 12.2. The molecule has 0 aliphatic carbocycles. The van der Waals surface area contributed by atoms with Gasteiger partial charge in [-0.15, -0.1) is 0 Å². The molecule has 0 radical (unpaired) electrons. The number of aryl methyl sites for hydroxylation is 1. The van der Waals surface area contributed by atoms with Gasteiger partial charge in [0.25, 0.3) is 5.91 Å². The summed E-state index contributed by atoms with van der Waals surface area (Å²) in [5, 5.41) is 3.07. The van der Waals surface area contributed by atoms with Crippen LogP contribution in [0.2, 0.25) is 0 Å². The minimum Gasteiger partial charge on any atom is -0.484 e. The molecule has 1 atom stereocenters. The van der Waals surface area contributed by atoms with Gasteiger partial charge in [-0.05, 0) is 56.0 Å². The van der Waals surface area contributed by atoms with Crippen LogP contribution in [-0.2, 0) is 29.0 Å². The maximum absolute atomic E-state index is 13.6. The van der Waals surface area contributed by atoms with Crippen molar-refractivity contribution in [1.29, 1.82) is 0 Å². The molecule has 2 amide bonds. The zero-order chi connectivity index (χ0) is 25.3. The number of rotatable bonds is 10. The van der Waals surface area contributed by atoms with Gasteiger partial charge in [0.05, 0.1) is 0 Å². The molecule has 0 saturated carbocycles. The van der Waals surface area contributed by atoms with Crippen LogP contribution in [0.15, 0.2) is 84.9 Å². The van der Waals surface area contributed by atoms with Gasteiger partial charge in [0.1, 0.15) is 11.8 Å². The number of hydrogen-bond donors (Lipinski definition) is 1. The molecule has 0 spiro atoms. The summed E-state index contributed by atoms with van der Waals surface area (Å²) < 4.78 is 5.84. The Morgan fingerprint density at radius 3 is 1.94 bits per heavy atom. The molecule has 0 heterocycles. The molecular formula is C30H36N2O3. The highest BCUT2D eigenvalue weighted by molar-refractivity contribution is 5.89. The van der Waals surface area contributed by atoms with Crippen molar-refractivity contribution in [2.45, 2.75) is 58.7 Å². The van der Waals surface area contributed by atoms with Crippen molar-refractivity contribution < 1.29 is 14.3 Å². The molecule has 5 heteroatoms. The highest BCUT2D eigenvalue weighted by Crippen LogP contribution is 2.18. The first-order valence-corrected chi connectivity index (χ1v) is 12.2. The first-order chi connectivity index (χ1) is 16.7. The largest absolute Gasteiger partial charge is 0.484 e. The Morgan fingerprint density at radius 2 is 1.40 bits per heavy atom. The molecule has 1 N–H and O–H groups in total. The van der Waals surface area contributed by atoms with Crippen LogP contribution in [0.3, 0.4) is 0 Å². The van der Waals surface area contributed by atoms with Crippen molar-refractivity contribution in [3.8, 4) is 5.75 Å². The topological polar surface area (TPSA) is 58.6 Å². The van der Waals surface area contributed by atoms with E-state index in [4.69, 9.17) is 4.74 Å². The number of nitrogens with zero attached hydrogens (tertiary/aromatic N) is 1. The van der Waals surface area contributed by atoms with Gasteiger partial charge in [0.15, 0.2) is 6.61 Å². The van der Waals surface area contributed by atoms with Crippen molar-refractivity contribution in [2.75, 3.05) is 6.61 Å². The van der Waals surface area contributed by atoms with E-state index < -0.39 is 11.6 Å². The predicted octanol–water partition coefficient (Wildman–Crippen LogP) is 5.18. The van der Waals surface area contributed by atoms with Crippen LogP contribution in [-0.4, -0.2) is 34.9 Å². The smallest absolute Gasteiger partial charge is 0.261 e. The van der Waals surface area contributed by atoms with Crippen molar-refractivity contribution in [3.05, 3.63) is 102 Å². The van der Waals surface area contributed by atoms with Crippen LogP contribution >= 0.6 is 0 Å². The van der Waals surface area contributed by atoms with Gasteiger partial charge in [0.2, 0.25) is 5.91 Å². The third kappa shape index (κ3) is 8.29. The maximum Gasteiger partial charge on any atom is 0.261 e. The summed E-state index contributed by atoms with van der Waals surface area (Å²) >= 11 is 0. The molecule has 3 rings (SSSR count). The summed E-state index contributed by atoms with van der Waals surface area (Å²) in [6, 6.07) is 26.6. The van der Waals surface area contributed by atoms with Crippen LogP contribution in [0.4, 0.5) is 0 Å². The van der Waals surface area contributed by atoms with Crippen molar-refractivity contribution >= 4 is 11.8 Å². The molecule has 0 saturated heterocycles. The normalized spacial score (nSPS) is 12.0. The molecule has 0 aliphatic rings. The van der Waals surface area contributed by atoms with E-state index in [-0.39, 0.29) is 18.4 Å². The predicted molar refractivity (Wildman–Crippen MR) is 140 cm³/mol. The van der Waals surface area contributed by atoms with Gasteiger partial charge >= 0.3 is 0 Å². The van der Waals surface area contributed by atoms with E-state index >= 15 is 0 Å². The molecular weight excluding hydrogens is 436 g/mol. The number of carbonyl (C=O) groups excluding carboxylic acids is 2. The van der Waals surface area contributed by atoms with Crippen molar-refractivity contribution in [1.82, 2.24) is 10.2 Å². The summed E-state index contributed by atoms with van der Waals surface area (Å²) in [6.45, 7) is 8.08. The minimum atomic E-state index is -0.685. The standard InChI is InChI=1S/C30H36N2O3/c1-5-23-16-18-26(19-17-23)35-22-28(33)32(21-25-14-10-7-11-15-25)27(29(34)31-30(2,3)4)20-24-12-8-6-9-13-24/h6-19,27H,5,20-22H2,1-4H3,(H,31,34)/t27-/m1/s1. The minimum absolute atomic E-state index is 0.146. The Balaban J connectivity index is 1.88.